The molecule has 37 heavy (non-hydrogen) atoms. The summed E-state index contributed by atoms with van der Waals surface area (Å²) >= 11 is 0. The van der Waals surface area contributed by atoms with Crippen LogP contribution in [0.2, 0.25) is 0 Å². The molecule has 4 rings (SSSR count). The molecular weight excluding hydrogens is 494 g/mol. The number of benzene rings is 1. The molecule has 3 aliphatic rings. The zero-order chi connectivity index (χ0) is 26.9. The molecule has 2 fully saturated rings. The maximum atomic E-state index is 12.1. The van der Waals surface area contributed by atoms with Crippen molar-refractivity contribution in [1.82, 2.24) is 5.32 Å². The predicted molar refractivity (Wildman–Crippen MR) is 122 cm³/mol. The Hall–Kier alpha value is -2.46. The van der Waals surface area contributed by atoms with E-state index < -0.39 is 80.2 Å². The number of ether oxygens (including phenoxy) is 3. The Labute approximate surface area is 211 Å². The molecule has 1 amide bonds. The summed E-state index contributed by atoms with van der Waals surface area (Å²) in [7, 11) is 0. The van der Waals surface area contributed by atoms with Crippen LogP contribution in [0.1, 0.15) is 18.4 Å². The van der Waals surface area contributed by atoms with Crippen molar-refractivity contribution in [2.24, 2.45) is 5.92 Å². The molecule has 8 N–H and O–H groups in total. The van der Waals surface area contributed by atoms with Crippen LogP contribution in [0.15, 0.2) is 30.5 Å². The van der Waals surface area contributed by atoms with E-state index in [1.165, 1.54) is 18.3 Å². The van der Waals surface area contributed by atoms with Gasteiger partial charge in [0.2, 0.25) is 12.2 Å². The van der Waals surface area contributed by atoms with E-state index in [1.54, 1.807) is 12.1 Å². The van der Waals surface area contributed by atoms with Crippen molar-refractivity contribution in [3.05, 3.63) is 36.0 Å². The van der Waals surface area contributed by atoms with E-state index in [-0.39, 0.29) is 24.4 Å². The third-order valence-electron chi connectivity index (χ3n) is 6.94. The highest BCUT2D eigenvalue weighted by Crippen LogP contribution is 2.35. The van der Waals surface area contributed by atoms with Gasteiger partial charge in [-0.15, -0.1) is 0 Å². The molecule has 1 aromatic carbocycles. The van der Waals surface area contributed by atoms with Gasteiger partial charge >= 0.3 is 0 Å². The van der Waals surface area contributed by atoms with Gasteiger partial charge in [0, 0.05) is 17.7 Å². The summed E-state index contributed by atoms with van der Waals surface area (Å²) in [6.07, 6.45) is -11.6. The number of hydrogen-bond acceptors (Lipinski definition) is 12. The number of nitrogens with one attached hydrogen (secondary N) is 1. The molecule has 0 aliphatic carbocycles. The molecule has 0 spiro atoms. The van der Waals surface area contributed by atoms with Crippen LogP contribution in [0.5, 0.6) is 5.75 Å². The number of carbonyl (C=O) groups excluding carboxylic acids is 2. The summed E-state index contributed by atoms with van der Waals surface area (Å²) in [6.45, 7) is -1.24. The van der Waals surface area contributed by atoms with Gasteiger partial charge in [0.05, 0.1) is 31.8 Å². The molecule has 10 atom stereocenters. The second kappa shape index (κ2) is 11.5. The number of hydrogen-bond donors (Lipinski definition) is 8. The van der Waals surface area contributed by atoms with Crippen molar-refractivity contribution in [3.63, 3.8) is 0 Å². The first kappa shape index (κ1) is 27.6. The Morgan fingerprint density at radius 3 is 2.05 bits per heavy atom. The zero-order valence-corrected chi connectivity index (χ0v) is 19.7. The normalized spacial score (nSPS) is 38.6. The van der Waals surface area contributed by atoms with Crippen molar-refractivity contribution in [2.45, 2.75) is 68.0 Å². The lowest BCUT2D eigenvalue weighted by Gasteiger charge is -2.46. The molecule has 2 saturated heterocycles. The average Bonchev–Trinajstić information content (AvgIpc) is 2.88. The van der Waals surface area contributed by atoms with Gasteiger partial charge in [0.1, 0.15) is 42.4 Å². The lowest BCUT2D eigenvalue weighted by Crippen LogP contribution is -2.62. The molecule has 0 radical (unpaired) electrons. The Kier molecular flexibility index (Phi) is 8.58. The molecule has 3 aliphatic heterocycles. The second-order valence-corrected chi connectivity index (χ2v) is 9.34. The Morgan fingerprint density at radius 2 is 1.43 bits per heavy atom. The van der Waals surface area contributed by atoms with Crippen LogP contribution in [0.25, 0.3) is 5.57 Å². The van der Waals surface area contributed by atoms with Gasteiger partial charge in [-0.3, -0.25) is 9.59 Å². The zero-order valence-electron chi connectivity index (χ0n) is 19.7. The number of amides is 1. The van der Waals surface area contributed by atoms with Crippen molar-refractivity contribution < 1.29 is 59.5 Å². The quantitative estimate of drug-likeness (QED) is 0.165. The molecule has 0 bridgehead atoms. The molecule has 204 valence electrons. The van der Waals surface area contributed by atoms with Crippen LogP contribution < -0.4 is 10.1 Å². The van der Waals surface area contributed by atoms with E-state index in [9.17, 15) is 45.3 Å². The summed E-state index contributed by atoms with van der Waals surface area (Å²) in [6, 6.07) is 6.19. The topological polar surface area (TPSA) is 215 Å². The van der Waals surface area contributed by atoms with Crippen LogP contribution in [-0.2, 0) is 19.1 Å². The van der Waals surface area contributed by atoms with Crippen LogP contribution in [-0.4, -0.2) is 116 Å². The minimum atomic E-state index is -1.62. The molecule has 13 nitrogen and oxygen atoms in total. The van der Waals surface area contributed by atoms with Crippen molar-refractivity contribution in [2.75, 3.05) is 13.2 Å². The molecular formula is C24H31NO12. The third kappa shape index (κ3) is 5.70. The first-order valence-electron chi connectivity index (χ1n) is 11.9. The molecule has 0 aromatic heterocycles. The summed E-state index contributed by atoms with van der Waals surface area (Å²) in [4.78, 5) is 23.5. The van der Waals surface area contributed by atoms with Crippen molar-refractivity contribution >= 4 is 17.3 Å². The van der Waals surface area contributed by atoms with Gasteiger partial charge in [-0.2, -0.15) is 0 Å². The Balaban J connectivity index is 1.48. The summed E-state index contributed by atoms with van der Waals surface area (Å²) in [5.74, 6) is -1.54. The lowest BCUT2D eigenvalue weighted by atomic mass is 9.81. The summed E-state index contributed by atoms with van der Waals surface area (Å²) in [5, 5.41) is 73.7. The predicted octanol–water partition coefficient (Wildman–Crippen LogP) is -3.22. The minimum absolute atomic E-state index is 0.218. The summed E-state index contributed by atoms with van der Waals surface area (Å²) < 4.78 is 16.8. The second-order valence-electron chi connectivity index (χ2n) is 9.34. The average molecular weight is 526 g/mol. The van der Waals surface area contributed by atoms with Crippen LogP contribution in [0.3, 0.4) is 0 Å². The third-order valence-corrected chi connectivity index (χ3v) is 6.94. The Bertz CT molecular complexity index is 998. The number of carbonyl (C=O) groups is 2. The highest BCUT2D eigenvalue weighted by atomic mass is 16.7. The van der Waals surface area contributed by atoms with Crippen molar-refractivity contribution in [1.29, 1.82) is 0 Å². The fraction of sp³-hybridized carbons (Fsp3) is 0.583. The van der Waals surface area contributed by atoms with Crippen LogP contribution >= 0.6 is 0 Å². The van der Waals surface area contributed by atoms with E-state index in [0.717, 1.165) is 0 Å². The minimum Gasteiger partial charge on any atom is -0.462 e. The number of Topliss-reactive ketones (excluding diaryl/α,β-unsaturated/α-hetero) is 1. The monoisotopic (exact) mass is 525 g/mol. The van der Waals surface area contributed by atoms with E-state index in [1.807, 2.05) is 0 Å². The van der Waals surface area contributed by atoms with E-state index in [2.05, 4.69) is 5.32 Å². The molecule has 3 heterocycles. The van der Waals surface area contributed by atoms with Gasteiger partial charge in [-0.25, -0.2) is 0 Å². The van der Waals surface area contributed by atoms with Gasteiger partial charge in [-0.05, 0) is 24.1 Å². The van der Waals surface area contributed by atoms with E-state index >= 15 is 0 Å². The van der Waals surface area contributed by atoms with Gasteiger partial charge in [0.25, 0.3) is 0 Å². The standard InChI is InChI=1S/C24H31NO12/c26-8-16-19(30)12(5-15-21(32)23(34)22(33)17(9-27)36-15)20(31)24(37-16)35-11-3-1-10(2-4-11)13-7-25-18(29)6-14(13)28/h1-4,7,12,15-17,19-24,26-27,30-34H,5-6,8-9H2,(H,25,29)/t12-,15+,16+,17+,19-,20-,21+,22+,23+,24-/m0/s1. The van der Waals surface area contributed by atoms with Crippen molar-refractivity contribution in [3.8, 4) is 5.75 Å². The number of aliphatic hydroxyl groups excluding tert-OH is 7. The molecule has 0 unspecified atom stereocenters. The number of rotatable bonds is 7. The maximum Gasteiger partial charge on any atom is 0.231 e. The molecule has 1 aromatic rings. The molecule has 13 heteroatoms. The number of allylic oxidation sites excluding steroid dienone is 1. The van der Waals surface area contributed by atoms with Gasteiger partial charge in [0.15, 0.2) is 5.78 Å². The van der Waals surface area contributed by atoms with E-state index in [0.29, 0.717) is 11.1 Å². The molecule has 0 saturated carbocycles. The smallest absolute Gasteiger partial charge is 0.231 e. The fourth-order valence-corrected chi connectivity index (χ4v) is 4.80. The number of aliphatic hydroxyl groups is 7. The maximum absolute atomic E-state index is 12.1. The van der Waals surface area contributed by atoms with E-state index in [4.69, 9.17) is 14.2 Å². The first-order chi connectivity index (χ1) is 17.6. The van der Waals surface area contributed by atoms with Gasteiger partial charge in [-0.1, -0.05) is 12.1 Å². The van der Waals surface area contributed by atoms with Crippen LogP contribution in [0, 0.1) is 5.92 Å². The Morgan fingerprint density at radius 1 is 0.811 bits per heavy atom. The highest BCUT2D eigenvalue weighted by molar-refractivity contribution is 6.27. The van der Waals surface area contributed by atoms with Crippen LogP contribution in [0.4, 0.5) is 0 Å². The SMILES string of the molecule is O=C1CC(=O)C(c2ccc(O[C@H]3O[C@H](CO)[C@@H](O)[C@H](C[C@H]4O[C@H](CO)[C@@H](O)[C@H](O)[C@@H]4O)[C@@H]3O)cc2)=CN1. The first-order valence-corrected chi connectivity index (χ1v) is 11.9. The lowest BCUT2D eigenvalue weighted by molar-refractivity contribution is -0.278. The fourth-order valence-electron chi connectivity index (χ4n) is 4.80. The summed E-state index contributed by atoms with van der Waals surface area (Å²) in [5.41, 5.74) is 0.856. The largest absolute Gasteiger partial charge is 0.462 e. The highest BCUT2D eigenvalue weighted by Gasteiger charge is 2.50. The number of ketones is 1. The van der Waals surface area contributed by atoms with Gasteiger partial charge < -0.3 is 55.3 Å².